The van der Waals surface area contributed by atoms with Crippen LogP contribution in [-0.4, -0.2) is 45.0 Å². The standard InChI is InChI=1S/C18H27F2N3O2.HI/c1-4-21-17(22-12-18(24-3)7-9-25-10-8-18)23-13(2)15-6-5-14(19)11-16(15)20;/h5-6,11,13H,4,7-10,12H2,1-3H3,(H2,21,22,23);1H. The first-order valence-electron chi connectivity index (χ1n) is 8.62. The highest BCUT2D eigenvalue weighted by molar-refractivity contribution is 14.0. The Kier molecular flexibility index (Phi) is 9.73. The lowest BCUT2D eigenvalue weighted by Gasteiger charge is -2.34. The van der Waals surface area contributed by atoms with E-state index in [1.807, 2.05) is 13.8 Å². The Balaban J connectivity index is 0.00000338. The average Bonchev–Trinajstić information content (AvgIpc) is 2.60. The number of rotatable bonds is 6. The van der Waals surface area contributed by atoms with E-state index in [1.54, 1.807) is 7.11 Å². The van der Waals surface area contributed by atoms with Crippen LogP contribution in [0, 0.1) is 11.6 Å². The Morgan fingerprint density at radius 2 is 2.04 bits per heavy atom. The first kappa shape index (κ1) is 23.0. The van der Waals surface area contributed by atoms with E-state index >= 15 is 0 Å². The molecule has 1 atom stereocenters. The molecule has 0 amide bonds. The van der Waals surface area contributed by atoms with Gasteiger partial charge in [-0.2, -0.15) is 0 Å². The van der Waals surface area contributed by atoms with Gasteiger partial charge in [-0.25, -0.2) is 8.78 Å². The summed E-state index contributed by atoms with van der Waals surface area (Å²) in [5.74, 6) is -0.592. The minimum Gasteiger partial charge on any atom is -0.381 e. The molecule has 5 nitrogen and oxygen atoms in total. The third-order valence-electron chi connectivity index (χ3n) is 4.49. The fraction of sp³-hybridized carbons (Fsp3) is 0.611. The van der Waals surface area contributed by atoms with Gasteiger partial charge in [-0.1, -0.05) is 6.07 Å². The molecule has 1 aromatic carbocycles. The maximum Gasteiger partial charge on any atom is 0.191 e. The molecule has 1 fully saturated rings. The lowest BCUT2D eigenvalue weighted by atomic mass is 9.94. The summed E-state index contributed by atoms with van der Waals surface area (Å²) in [6.45, 7) is 6.24. The van der Waals surface area contributed by atoms with Crippen LogP contribution in [0.15, 0.2) is 23.2 Å². The minimum absolute atomic E-state index is 0. The van der Waals surface area contributed by atoms with Crippen molar-refractivity contribution in [1.29, 1.82) is 0 Å². The second-order valence-electron chi connectivity index (χ2n) is 6.23. The van der Waals surface area contributed by atoms with Crippen molar-refractivity contribution >= 4 is 29.9 Å². The average molecular weight is 483 g/mol. The van der Waals surface area contributed by atoms with Gasteiger partial charge < -0.3 is 20.1 Å². The van der Waals surface area contributed by atoms with Gasteiger partial charge in [0.25, 0.3) is 0 Å². The third-order valence-corrected chi connectivity index (χ3v) is 4.49. The van der Waals surface area contributed by atoms with Gasteiger partial charge in [0.2, 0.25) is 0 Å². The fourth-order valence-electron chi connectivity index (χ4n) is 2.85. The number of hydrogen-bond donors (Lipinski definition) is 2. The Bertz CT molecular complexity index is 596. The molecule has 1 aliphatic rings. The van der Waals surface area contributed by atoms with Gasteiger partial charge >= 0.3 is 0 Å². The number of hydrogen-bond acceptors (Lipinski definition) is 3. The highest BCUT2D eigenvalue weighted by Crippen LogP contribution is 2.25. The van der Waals surface area contributed by atoms with Crippen LogP contribution in [0.3, 0.4) is 0 Å². The lowest BCUT2D eigenvalue weighted by molar-refractivity contribution is -0.0828. The summed E-state index contributed by atoms with van der Waals surface area (Å²) in [5.41, 5.74) is 0.0600. The molecule has 0 spiro atoms. The molecule has 1 aliphatic heterocycles. The molecule has 2 rings (SSSR count). The van der Waals surface area contributed by atoms with E-state index in [-0.39, 0.29) is 35.6 Å². The van der Waals surface area contributed by atoms with Crippen molar-refractivity contribution in [2.45, 2.75) is 38.3 Å². The molecule has 1 saturated heterocycles. The van der Waals surface area contributed by atoms with Crippen molar-refractivity contribution in [2.24, 2.45) is 4.99 Å². The van der Waals surface area contributed by atoms with E-state index in [9.17, 15) is 8.78 Å². The zero-order chi connectivity index (χ0) is 18.3. The van der Waals surface area contributed by atoms with Crippen molar-refractivity contribution in [3.8, 4) is 0 Å². The van der Waals surface area contributed by atoms with E-state index in [2.05, 4.69) is 15.6 Å². The molecule has 8 heteroatoms. The Hall–Kier alpha value is -1.00. The van der Waals surface area contributed by atoms with Crippen LogP contribution in [0.2, 0.25) is 0 Å². The van der Waals surface area contributed by atoms with Gasteiger partial charge in [0.05, 0.1) is 18.2 Å². The van der Waals surface area contributed by atoms with Crippen LogP contribution in [0.25, 0.3) is 0 Å². The summed E-state index contributed by atoms with van der Waals surface area (Å²) >= 11 is 0. The van der Waals surface area contributed by atoms with Gasteiger partial charge in [-0.05, 0) is 19.9 Å². The monoisotopic (exact) mass is 483 g/mol. The van der Waals surface area contributed by atoms with Crippen LogP contribution < -0.4 is 10.6 Å². The first-order chi connectivity index (χ1) is 12.0. The number of halogens is 3. The molecule has 0 bridgehead atoms. The summed E-state index contributed by atoms with van der Waals surface area (Å²) < 4.78 is 38.1. The molecule has 1 aromatic rings. The molecular formula is C18H28F2IN3O2. The van der Waals surface area contributed by atoms with Gasteiger partial charge in [-0.15, -0.1) is 24.0 Å². The Morgan fingerprint density at radius 1 is 1.35 bits per heavy atom. The molecule has 148 valence electrons. The topological polar surface area (TPSA) is 54.9 Å². The van der Waals surface area contributed by atoms with Crippen LogP contribution >= 0.6 is 24.0 Å². The second kappa shape index (κ2) is 11.0. The normalized spacial score (nSPS) is 18.0. The molecule has 0 aliphatic carbocycles. The van der Waals surface area contributed by atoms with Crippen molar-refractivity contribution < 1.29 is 18.3 Å². The third kappa shape index (κ3) is 6.31. The molecule has 0 saturated carbocycles. The molecule has 26 heavy (non-hydrogen) atoms. The van der Waals surface area contributed by atoms with Crippen molar-refractivity contribution in [2.75, 3.05) is 33.4 Å². The predicted molar refractivity (Wildman–Crippen MR) is 109 cm³/mol. The number of benzene rings is 1. The van der Waals surface area contributed by atoms with Crippen molar-refractivity contribution in [3.05, 3.63) is 35.4 Å². The molecular weight excluding hydrogens is 455 g/mol. The smallest absolute Gasteiger partial charge is 0.191 e. The van der Waals surface area contributed by atoms with E-state index in [0.29, 0.717) is 37.8 Å². The maximum atomic E-state index is 14.0. The Labute approximate surface area is 171 Å². The maximum absolute atomic E-state index is 14.0. The summed E-state index contributed by atoms with van der Waals surface area (Å²) in [6.07, 6.45) is 1.57. The van der Waals surface area contributed by atoms with Crippen molar-refractivity contribution in [3.63, 3.8) is 0 Å². The molecule has 0 aromatic heterocycles. The first-order valence-corrected chi connectivity index (χ1v) is 8.62. The molecule has 1 heterocycles. The quantitative estimate of drug-likeness (QED) is 0.370. The van der Waals surface area contributed by atoms with E-state index < -0.39 is 11.6 Å². The zero-order valence-electron chi connectivity index (χ0n) is 15.5. The van der Waals surface area contributed by atoms with E-state index in [1.165, 1.54) is 12.1 Å². The second-order valence-corrected chi connectivity index (χ2v) is 6.23. The number of guanidine groups is 1. The summed E-state index contributed by atoms with van der Waals surface area (Å²) in [6, 6.07) is 3.23. The zero-order valence-corrected chi connectivity index (χ0v) is 17.8. The molecule has 2 N–H and O–H groups in total. The number of aliphatic imine (C=N–C) groups is 1. The molecule has 0 radical (unpaired) electrons. The summed E-state index contributed by atoms with van der Waals surface area (Å²) in [5, 5.41) is 6.32. The number of ether oxygens (including phenoxy) is 2. The fourth-order valence-corrected chi connectivity index (χ4v) is 2.85. The van der Waals surface area contributed by atoms with Gasteiger partial charge in [0, 0.05) is 51.3 Å². The highest BCUT2D eigenvalue weighted by atomic mass is 127. The SMILES string of the molecule is CCNC(=NCC1(OC)CCOCC1)NC(C)c1ccc(F)cc1F.I. The largest absolute Gasteiger partial charge is 0.381 e. The van der Waals surface area contributed by atoms with Crippen LogP contribution in [0.5, 0.6) is 0 Å². The van der Waals surface area contributed by atoms with Gasteiger partial charge in [-0.3, -0.25) is 4.99 Å². The summed E-state index contributed by atoms with van der Waals surface area (Å²) in [4.78, 5) is 4.61. The molecule has 1 unspecified atom stereocenters. The van der Waals surface area contributed by atoms with Crippen LogP contribution in [0.4, 0.5) is 8.78 Å². The van der Waals surface area contributed by atoms with Crippen LogP contribution in [-0.2, 0) is 9.47 Å². The predicted octanol–water partition coefficient (Wildman–Crippen LogP) is 3.39. The van der Waals surface area contributed by atoms with Gasteiger partial charge in [0.1, 0.15) is 11.6 Å². The number of nitrogens with one attached hydrogen (secondary N) is 2. The summed E-state index contributed by atoms with van der Waals surface area (Å²) in [7, 11) is 1.69. The Morgan fingerprint density at radius 3 is 2.62 bits per heavy atom. The lowest BCUT2D eigenvalue weighted by Crippen LogP contribution is -2.44. The van der Waals surface area contributed by atoms with Crippen molar-refractivity contribution in [1.82, 2.24) is 10.6 Å². The minimum atomic E-state index is -0.587. The number of methoxy groups -OCH3 is 1. The van der Waals surface area contributed by atoms with Crippen LogP contribution in [0.1, 0.15) is 38.3 Å². The highest BCUT2D eigenvalue weighted by Gasteiger charge is 2.32. The van der Waals surface area contributed by atoms with E-state index in [4.69, 9.17) is 9.47 Å². The number of nitrogens with zero attached hydrogens (tertiary/aromatic N) is 1. The van der Waals surface area contributed by atoms with E-state index in [0.717, 1.165) is 18.9 Å². The van der Waals surface area contributed by atoms with Gasteiger partial charge in [0.15, 0.2) is 5.96 Å².